The van der Waals surface area contributed by atoms with Gasteiger partial charge in [-0.05, 0) is 25.1 Å². The number of anilines is 1. The highest BCUT2D eigenvalue weighted by atomic mass is 15.3. The molecule has 17 heavy (non-hydrogen) atoms. The second kappa shape index (κ2) is 4.71. The van der Waals surface area contributed by atoms with Crippen molar-refractivity contribution < 1.29 is 0 Å². The van der Waals surface area contributed by atoms with Gasteiger partial charge in [0.1, 0.15) is 0 Å². The molecule has 4 nitrogen and oxygen atoms in total. The van der Waals surface area contributed by atoms with Crippen LogP contribution < -0.4 is 5.32 Å². The molecule has 0 aliphatic heterocycles. The highest BCUT2D eigenvalue weighted by molar-refractivity contribution is 5.49. The van der Waals surface area contributed by atoms with Crippen LogP contribution in [0.15, 0.2) is 30.5 Å². The van der Waals surface area contributed by atoms with Gasteiger partial charge in [-0.15, -0.1) is 0 Å². The molecular formula is C13H14N4. The molecule has 1 N–H and O–H groups in total. The minimum absolute atomic E-state index is 0.665. The maximum Gasteiger partial charge on any atom is 0.0992 e. The smallest absolute Gasteiger partial charge is 0.0992 e. The molecule has 2 rings (SSSR count). The topological polar surface area (TPSA) is 53.6 Å². The van der Waals surface area contributed by atoms with E-state index < -0.39 is 0 Å². The van der Waals surface area contributed by atoms with Crippen LogP contribution in [0.2, 0.25) is 0 Å². The Kier molecular flexibility index (Phi) is 3.10. The molecule has 4 heteroatoms. The van der Waals surface area contributed by atoms with Crippen LogP contribution in [0, 0.1) is 18.3 Å². The second-order valence-corrected chi connectivity index (χ2v) is 3.92. The summed E-state index contributed by atoms with van der Waals surface area (Å²) in [6, 6.07) is 9.58. The van der Waals surface area contributed by atoms with Gasteiger partial charge in [-0.25, -0.2) is 0 Å². The molecule has 2 aromatic rings. The summed E-state index contributed by atoms with van der Waals surface area (Å²) in [7, 11) is 1.93. The molecule has 0 atom stereocenters. The number of rotatable bonds is 3. The van der Waals surface area contributed by atoms with Crippen LogP contribution in [0.3, 0.4) is 0 Å². The fourth-order valence-electron chi connectivity index (χ4n) is 1.61. The number of hydrogen-bond donors (Lipinski definition) is 1. The predicted octanol–water partition coefficient (Wildman–Crippen LogP) is 2.21. The van der Waals surface area contributed by atoms with Crippen molar-refractivity contribution in [2.45, 2.75) is 13.5 Å². The minimum atomic E-state index is 0.665. The normalized spacial score (nSPS) is 9.94. The first-order valence-corrected chi connectivity index (χ1v) is 5.42. The Labute approximate surface area is 100 Å². The molecule has 86 valence electrons. The van der Waals surface area contributed by atoms with Crippen LogP contribution in [0.5, 0.6) is 0 Å². The summed E-state index contributed by atoms with van der Waals surface area (Å²) in [5.41, 5.74) is 3.93. The van der Waals surface area contributed by atoms with E-state index in [1.165, 1.54) is 0 Å². The monoisotopic (exact) mass is 226 g/mol. The SMILES string of the molecule is Cc1c(CNc2cccc(C#N)c2)cnn1C. The number of nitrogens with one attached hydrogen (secondary N) is 1. The van der Waals surface area contributed by atoms with Gasteiger partial charge in [0.2, 0.25) is 0 Å². The van der Waals surface area contributed by atoms with Crippen molar-refractivity contribution in [1.82, 2.24) is 9.78 Å². The first-order valence-electron chi connectivity index (χ1n) is 5.42. The number of hydrogen-bond acceptors (Lipinski definition) is 3. The molecule has 0 fully saturated rings. The van der Waals surface area contributed by atoms with E-state index in [-0.39, 0.29) is 0 Å². The molecule has 0 unspecified atom stereocenters. The number of nitrogens with zero attached hydrogens (tertiary/aromatic N) is 3. The van der Waals surface area contributed by atoms with Gasteiger partial charge in [-0.2, -0.15) is 10.4 Å². The van der Waals surface area contributed by atoms with Gasteiger partial charge in [-0.1, -0.05) is 6.07 Å². The fourth-order valence-corrected chi connectivity index (χ4v) is 1.61. The summed E-state index contributed by atoms with van der Waals surface area (Å²) in [6.45, 7) is 2.75. The number of aryl methyl sites for hydroxylation is 1. The van der Waals surface area contributed by atoms with Crippen molar-refractivity contribution in [3.8, 4) is 6.07 Å². The summed E-state index contributed by atoms with van der Waals surface area (Å²) < 4.78 is 1.85. The van der Waals surface area contributed by atoms with E-state index in [0.29, 0.717) is 12.1 Å². The fraction of sp³-hybridized carbons (Fsp3) is 0.231. The van der Waals surface area contributed by atoms with E-state index in [2.05, 4.69) is 16.5 Å². The van der Waals surface area contributed by atoms with Crippen molar-refractivity contribution in [3.05, 3.63) is 47.3 Å². The Morgan fingerprint density at radius 2 is 2.29 bits per heavy atom. The first kappa shape index (κ1) is 11.2. The highest BCUT2D eigenvalue weighted by Crippen LogP contribution is 2.13. The van der Waals surface area contributed by atoms with Crippen LogP contribution in [0.4, 0.5) is 5.69 Å². The van der Waals surface area contributed by atoms with Crippen LogP contribution in [0.1, 0.15) is 16.8 Å². The lowest BCUT2D eigenvalue weighted by atomic mass is 10.2. The van der Waals surface area contributed by atoms with Crippen LogP contribution >= 0.6 is 0 Å². The van der Waals surface area contributed by atoms with Crippen molar-refractivity contribution in [3.63, 3.8) is 0 Å². The molecular weight excluding hydrogens is 212 g/mol. The lowest BCUT2D eigenvalue weighted by molar-refractivity contribution is 0.738. The van der Waals surface area contributed by atoms with Gasteiger partial charge >= 0.3 is 0 Å². The molecule has 1 aromatic carbocycles. The predicted molar refractivity (Wildman–Crippen MR) is 66.4 cm³/mol. The number of benzene rings is 1. The Hall–Kier alpha value is -2.28. The van der Waals surface area contributed by atoms with Gasteiger partial charge in [0.05, 0.1) is 17.8 Å². The summed E-state index contributed by atoms with van der Waals surface area (Å²) in [5, 5.41) is 16.3. The largest absolute Gasteiger partial charge is 0.381 e. The molecule has 0 radical (unpaired) electrons. The standard InChI is InChI=1S/C13H14N4/c1-10-12(9-16-17(10)2)8-15-13-5-3-4-11(6-13)7-14/h3-6,9,15H,8H2,1-2H3. The van der Waals surface area contributed by atoms with Crippen LogP contribution in [-0.2, 0) is 13.6 Å². The lowest BCUT2D eigenvalue weighted by Crippen LogP contribution is -2.01. The Balaban J connectivity index is 2.07. The maximum atomic E-state index is 8.80. The van der Waals surface area contributed by atoms with Gasteiger partial charge in [0.25, 0.3) is 0 Å². The quantitative estimate of drug-likeness (QED) is 0.873. The molecule has 0 aliphatic rings. The van der Waals surface area contributed by atoms with Gasteiger partial charge in [0, 0.05) is 30.5 Å². The zero-order valence-electron chi connectivity index (χ0n) is 9.94. The lowest BCUT2D eigenvalue weighted by Gasteiger charge is -2.06. The number of nitriles is 1. The average molecular weight is 226 g/mol. The Morgan fingerprint density at radius 1 is 1.47 bits per heavy atom. The zero-order chi connectivity index (χ0) is 12.3. The summed E-state index contributed by atoms with van der Waals surface area (Å²) in [5.74, 6) is 0. The molecule has 0 spiro atoms. The molecule has 0 aliphatic carbocycles. The molecule has 1 aromatic heterocycles. The minimum Gasteiger partial charge on any atom is -0.381 e. The molecule has 0 saturated heterocycles. The van der Waals surface area contributed by atoms with Gasteiger partial charge in [0.15, 0.2) is 0 Å². The van der Waals surface area contributed by atoms with E-state index >= 15 is 0 Å². The Morgan fingerprint density at radius 3 is 2.94 bits per heavy atom. The maximum absolute atomic E-state index is 8.80. The summed E-state index contributed by atoms with van der Waals surface area (Å²) >= 11 is 0. The first-order chi connectivity index (χ1) is 8.20. The molecule has 0 amide bonds. The van der Waals surface area contributed by atoms with Crippen LogP contribution in [0.25, 0.3) is 0 Å². The van der Waals surface area contributed by atoms with E-state index in [1.54, 1.807) is 6.07 Å². The van der Waals surface area contributed by atoms with Gasteiger partial charge < -0.3 is 5.32 Å². The van der Waals surface area contributed by atoms with Gasteiger partial charge in [-0.3, -0.25) is 4.68 Å². The van der Waals surface area contributed by atoms with Crippen molar-refractivity contribution in [2.24, 2.45) is 7.05 Å². The van der Waals surface area contributed by atoms with E-state index in [4.69, 9.17) is 5.26 Å². The second-order valence-electron chi connectivity index (χ2n) is 3.92. The average Bonchev–Trinajstić information content (AvgIpc) is 2.68. The third-order valence-corrected chi connectivity index (χ3v) is 2.81. The highest BCUT2D eigenvalue weighted by Gasteiger charge is 2.03. The molecule has 0 saturated carbocycles. The molecule has 0 bridgehead atoms. The third kappa shape index (κ3) is 2.45. The molecule has 1 heterocycles. The summed E-state index contributed by atoms with van der Waals surface area (Å²) in [4.78, 5) is 0. The van der Waals surface area contributed by atoms with Crippen molar-refractivity contribution >= 4 is 5.69 Å². The number of aromatic nitrogens is 2. The van der Waals surface area contributed by atoms with E-state index in [9.17, 15) is 0 Å². The third-order valence-electron chi connectivity index (χ3n) is 2.81. The zero-order valence-corrected chi connectivity index (χ0v) is 9.94. The van der Waals surface area contributed by atoms with Crippen LogP contribution in [-0.4, -0.2) is 9.78 Å². The van der Waals surface area contributed by atoms with Crippen molar-refractivity contribution in [1.29, 1.82) is 5.26 Å². The summed E-state index contributed by atoms with van der Waals surface area (Å²) in [6.07, 6.45) is 1.86. The Bertz CT molecular complexity index is 563. The van der Waals surface area contributed by atoms with E-state index in [0.717, 1.165) is 16.9 Å². The van der Waals surface area contributed by atoms with E-state index in [1.807, 2.05) is 43.0 Å². The van der Waals surface area contributed by atoms with Crippen molar-refractivity contribution in [2.75, 3.05) is 5.32 Å².